The summed E-state index contributed by atoms with van der Waals surface area (Å²) in [4.78, 5) is 14.0. The SMILES string of the molecule is C=CCN(CC=C)C(=O)CCCCCCCCCCCCCCCCCCCCCCCCCCCCC. The molecule has 0 saturated carbocycles. The first-order valence-electron chi connectivity index (χ1n) is 17.3. The molecule has 0 aliphatic rings. The third-order valence-corrected chi connectivity index (χ3v) is 8.05. The van der Waals surface area contributed by atoms with Gasteiger partial charge in [0.25, 0.3) is 0 Å². The zero-order chi connectivity index (χ0) is 27.8. The monoisotopic (exact) mass is 532 g/mol. The van der Waals surface area contributed by atoms with Crippen LogP contribution in [0.15, 0.2) is 25.3 Å². The van der Waals surface area contributed by atoms with Gasteiger partial charge in [-0.1, -0.05) is 186 Å². The molecule has 0 rings (SSSR count). The van der Waals surface area contributed by atoms with Gasteiger partial charge in [0.15, 0.2) is 0 Å². The number of amides is 1. The Labute approximate surface area is 240 Å². The molecule has 0 aromatic heterocycles. The van der Waals surface area contributed by atoms with Crippen LogP contribution >= 0.6 is 0 Å². The summed E-state index contributed by atoms with van der Waals surface area (Å²) in [7, 11) is 0. The number of nitrogens with zero attached hydrogens (tertiary/aromatic N) is 1. The molecule has 0 heterocycles. The van der Waals surface area contributed by atoms with E-state index in [-0.39, 0.29) is 5.91 Å². The third-order valence-electron chi connectivity index (χ3n) is 8.05. The van der Waals surface area contributed by atoms with E-state index in [1.807, 2.05) is 4.90 Å². The summed E-state index contributed by atoms with van der Waals surface area (Å²) >= 11 is 0. The van der Waals surface area contributed by atoms with E-state index in [1.165, 1.54) is 167 Å². The van der Waals surface area contributed by atoms with Gasteiger partial charge in [-0.15, -0.1) is 13.2 Å². The summed E-state index contributed by atoms with van der Waals surface area (Å²) in [5, 5.41) is 0. The molecule has 0 fully saturated rings. The van der Waals surface area contributed by atoms with Crippen molar-refractivity contribution in [3.05, 3.63) is 25.3 Å². The molecule has 0 aliphatic carbocycles. The summed E-state index contributed by atoms with van der Waals surface area (Å²) in [5.74, 6) is 0.240. The van der Waals surface area contributed by atoms with E-state index in [0.717, 1.165) is 6.42 Å². The third kappa shape index (κ3) is 28.0. The summed E-state index contributed by atoms with van der Waals surface area (Å²) in [6, 6.07) is 0. The first-order chi connectivity index (χ1) is 18.8. The number of rotatable bonds is 32. The van der Waals surface area contributed by atoms with Gasteiger partial charge in [-0.25, -0.2) is 0 Å². The molecular weight excluding hydrogens is 462 g/mol. The highest BCUT2D eigenvalue weighted by Gasteiger charge is 2.09. The molecule has 0 spiro atoms. The van der Waals surface area contributed by atoms with Crippen LogP contribution in [0.2, 0.25) is 0 Å². The van der Waals surface area contributed by atoms with Crippen LogP contribution in [0.3, 0.4) is 0 Å². The Morgan fingerprint density at radius 3 is 0.921 bits per heavy atom. The molecule has 0 aliphatic heterocycles. The second-order valence-corrected chi connectivity index (χ2v) is 11.8. The minimum absolute atomic E-state index is 0.240. The highest BCUT2D eigenvalue weighted by molar-refractivity contribution is 5.76. The van der Waals surface area contributed by atoms with E-state index in [1.54, 1.807) is 12.2 Å². The maximum absolute atomic E-state index is 12.2. The first-order valence-corrected chi connectivity index (χ1v) is 17.3. The predicted molar refractivity (Wildman–Crippen MR) is 172 cm³/mol. The van der Waals surface area contributed by atoms with Crippen LogP contribution in [0, 0.1) is 0 Å². The van der Waals surface area contributed by atoms with Crippen molar-refractivity contribution in [2.45, 2.75) is 187 Å². The largest absolute Gasteiger partial charge is 0.335 e. The van der Waals surface area contributed by atoms with E-state index in [0.29, 0.717) is 19.5 Å². The molecule has 38 heavy (non-hydrogen) atoms. The fraction of sp³-hybridized carbons (Fsp3) is 0.861. The second kappa shape index (κ2) is 32.2. The maximum atomic E-state index is 12.2. The van der Waals surface area contributed by atoms with Crippen molar-refractivity contribution in [2.75, 3.05) is 13.1 Å². The summed E-state index contributed by atoms with van der Waals surface area (Å²) in [6.45, 7) is 11.0. The van der Waals surface area contributed by atoms with Gasteiger partial charge in [0.2, 0.25) is 5.91 Å². The summed E-state index contributed by atoms with van der Waals surface area (Å²) in [5.41, 5.74) is 0. The topological polar surface area (TPSA) is 20.3 Å². The molecule has 0 aromatic carbocycles. The van der Waals surface area contributed by atoms with Crippen molar-refractivity contribution in [3.8, 4) is 0 Å². The Balaban J connectivity index is 3.18. The zero-order valence-electron chi connectivity index (χ0n) is 26.1. The average Bonchev–Trinajstić information content (AvgIpc) is 2.92. The van der Waals surface area contributed by atoms with Crippen LogP contribution in [0.4, 0.5) is 0 Å². The van der Waals surface area contributed by atoms with Gasteiger partial charge >= 0.3 is 0 Å². The van der Waals surface area contributed by atoms with Gasteiger partial charge in [-0.05, 0) is 6.42 Å². The minimum Gasteiger partial charge on any atom is -0.335 e. The molecule has 224 valence electrons. The summed E-state index contributed by atoms with van der Waals surface area (Å²) in [6.07, 6.45) is 42.4. The van der Waals surface area contributed by atoms with Crippen molar-refractivity contribution in [1.29, 1.82) is 0 Å². The molecule has 0 aromatic rings. The fourth-order valence-electron chi connectivity index (χ4n) is 5.52. The van der Waals surface area contributed by atoms with Gasteiger partial charge in [0, 0.05) is 19.5 Å². The fourth-order valence-corrected chi connectivity index (χ4v) is 5.52. The molecule has 2 nitrogen and oxygen atoms in total. The van der Waals surface area contributed by atoms with Gasteiger partial charge < -0.3 is 4.90 Å². The van der Waals surface area contributed by atoms with Crippen molar-refractivity contribution in [2.24, 2.45) is 0 Å². The minimum atomic E-state index is 0.240. The Hall–Kier alpha value is -1.05. The van der Waals surface area contributed by atoms with Crippen LogP contribution in [0.5, 0.6) is 0 Å². The molecule has 2 heteroatoms. The van der Waals surface area contributed by atoms with E-state index < -0.39 is 0 Å². The number of hydrogen-bond acceptors (Lipinski definition) is 1. The quantitative estimate of drug-likeness (QED) is 0.0624. The van der Waals surface area contributed by atoms with Crippen molar-refractivity contribution >= 4 is 5.91 Å². The highest BCUT2D eigenvalue weighted by atomic mass is 16.2. The number of carbonyl (C=O) groups excluding carboxylic acids is 1. The van der Waals surface area contributed by atoms with Crippen LogP contribution in [0.1, 0.15) is 187 Å². The Morgan fingerprint density at radius 2 is 0.684 bits per heavy atom. The standard InChI is InChI=1S/C36H69NO/c1-4-7-8-9-10-11-12-13-14-15-16-17-18-19-20-21-22-23-24-25-26-27-28-29-30-31-32-33-36(38)37(34-5-2)35-6-3/h5-6H,2-4,7-35H2,1H3. The van der Waals surface area contributed by atoms with Gasteiger partial charge in [0.1, 0.15) is 0 Å². The van der Waals surface area contributed by atoms with Gasteiger partial charge in [-0.3, -0.25) is 4.79 Å². The number of unbranched alkanes of at least 4 members (excludes halogenated alkanes) is 26. The van der Waals surface area contributed by atoms with Gasteiger partial charge in [-0.2, -0.15) is 0 Å². The van der Waals surface area contributed by atoms with E-state index in [9.17, 15) is 4.79 Å². The molecule has 0 N–H and O–H groups in total. The number of hydrogen-bond donors (Lipinski definition) is 0. The molecular formula is C36H69NO. The normalized spacial score (nSPS) is 11.1. The lowest BCUT2D eigenvalue weighted by Crippen LogP contribution is -2.30. The second-order valence-electron chi connectivity index (χ2n) is 11.8. The number of carbonyl (C=O) groups is 1. The maximum Gasteiger partial charge on any atom is 0.223 e. The Bertz CT molecular complexity index is 490. The molecule has 0 saturated heterocycles. The zero-order valence-corrected chi connectivity index (χ0v) is 26.1. The van der Waals surface area contributed by atoms with Crippen molar-refractivity contribution < 1.29 is 4.79 Å². The van der Waals surface area contributed by atoms with Crippen LogP contribution < -0.4 is 0 Å². The summed E-state index contributed by atoms with van der Waals surface area (Å²) < 4.78 is 0. The van der Waals surface area contributed by atoms with Crippen LogP contribution in [-0.4, -0.2) is 23.9 Å². The Kier molecular flexibility index (Phi) is 31.3. The first kappa shape index (κ1) is 37.0. The van der Waals surface area contributed by atoms with E-state index in [4.69, 9.17) is 0 Å². The molecule has 0 bridgehead atoms. The Morgan fingerprint density at radius 1 is 0.447 bits per heavy atom. The van der Waals surface area contributed by atoms with Crippen molar-refractivity contribution in [1.82, 2.24) is 4.90 Å². The molecule has 0 unspecified atom stereocenters. The lowest BCUT2D eigenvalue weighted by Gasteiger charge is -2.19. The average molecular weight is 532 g/mol. The van der Waals surface area contributed by atoms with E-state index in [2.05, 4.69) is 20.1 Å². The van der Waals surface area contributed by atoms with Crippen LogP contribution in [-0.2, 0) is 4.79 Å². The van der Waals surface area contributed by atoms with Gasteiger partial charge in [0.05, 0.1) is 0 Å². The highest BCUT2D eigenvalue weighted by Crippen LogP contribution is 2.16. The van der Waals surface area contributed by atoms with Crippen molar-refractivity contribution in [3.63, 3.8) is 0 Å². The smallest absolute Gasteiger partial charge is 0.223 e. The van der Waals surface area contributed by atoms with E-state index >= 15 is 0 Å². The lowest BCUT2D eigenvalue weighted by molar-refractivity contribution is -0.130. The molecule has 0 atom stereocenters. The lowest BCUT2D eigenvalue weighted by atomic mass is 10.0. The van der Waals surface area contributed by atoms with Crippen LogP contribution in [0.25, 0.3) is 0 Å². The molecule has 0 radical (unpaired) electrons. The predicted octanol–water partition coefficient (Wildman–Crippen LogP) is 12.1. The molecule has 1 amide bonds.